The number of aromatic nitrogens is 1. The van der Waals surface area contributed by atoms with Crippen molar-refractivity contribution >= 4 is 24.0 Å². The van der Waals surface area contributed by atoms with Crippen LogP contribution >= 0.6 is 24.0 Å². The first kappa shape index (κ1) is 16.6. The summed E-state index contributed by atoms with van der Waals surface area (Å²) in [5.74, 6) is 1.58. The third kappa shape index (κ3) is 4.00. The molecule has 0 fully saturated rings. The van der Waals surface area contributed by atoms with E-state index in [1.807, 2.05) is 13.0 Å². The highest BCUT2D eigenvalue weighted by atomic mass is 35.5. The van der Waals surface area contributed by atoms with Gasteiger partial charge in [-0.05, 0) is 37.3 Å². The van der Waals surface area contributed by atoms with Crippen LogP contribution in [0.4, 0.5) is 0 Å². The monoisotopic (exact) mass is 314 g/mol. The second-order valence-electron chi connectivity index (χ2n) is 4.09. The number of halogens is 2. The highest BCUT2D eigenvalue weighted by molar-refractivity contribution is 6.30. The van der Waals surface area contributed by atoms with Gasteiger partial charge in [0.05, 0.1) is 7.11 Å². The normalized spacial score (nSPS) is 11.4. The van der Waals surface area contributed by atoms with Crippen molar-refractivity contribution in [2.75, 3.05) is 7.11 Å². The predicted octanol–water partition coefficient (Wildman–Crippen LogP) is 3.98. The number of hydrogen-bond acceptors (Lipinski definition) is 4. The van der Waals surface area contributed by atoms with E-state index < -0.39 is 0 Å². The van der Waals surface area contributed by atoms with Crippen LogP contribution in [0.5, 0.6) is 17.5 Å². The van der Waals surface area contributed by atoms with E-state index in [0.717, 1.165) is 5.56 Å². The summed E-state index contributed by atoms with van der Waals surface area (Å²) in [6.45, 7) is 1.87. The zero-order valence-electron chi connectivity index (χ0n) is 11.2. The van der Waals surface area contributed by atoms with Gasteiger partial charge in [-0.3, -0.25) is 0 Å². The molecule has 1 atom stereocenters. The highest BCUT2D eigenvalue weighted by Gasteiger charge is 2.11. The molecule has 1 heterocycles. The summed E-state index contributed by atoms with van der Waals surface area (Å²) in [6.07, 6.45) is 0. The Morgan fingerprint density at radius 2 is 1.80 bits per heavy atom. The third-order valence-corrected chi connectivity index (χ3v) is 2.84. The molecule has 0 aliphatic rings. The lowest BCUT2D eigenvalue weighted by molar-refractivity contribution is 0.376. The molecule has 20 heavy (non-hydrogen) atoms. The zero-order valence-corrected chi connectivity index (χ0v) is 12.7. The van der Waals surface area contributed by atoms with Crippen LogP contribution in [0.25, 0.3) is 0 Å². The first-order valence-electron chi connectivity index (χ1n) is 5.84. The van der Waals surface area contributed by atoms with E-state index >= 15 is 0 Å². The molecular weight excluding hydrogens is 299 g/mol. The van der Waals surface area contributed by atoms with Crippen LogP contribution in [0.15, 0.2) is 36.4 Å². The van der Waals surface area contributed by atoms with Crippen molar-refractivity contribution in [3.05, 3.63) is 47.0 Å². The minimum absolute atomic E-state index is 0. The van der Waals surface area contributed by atoms with Crippen LogP contribution in [0, 0.1) is 0 Å². The molecule has 0 unspecified atom stereocenters. The van der Waals surface area contributed by atoms with Gasteiger partial charge >= 0.3 is 0 Å². The average molecular weight is 315 g/mol. The van der Waals surface area contributed by atoms with Crippen molar-refractivity contribution in [2.45, 2.75) is 13.0 Å². The van der Waals surface area contributed by atoms with Gasteiger partial charge in [-0.25, -0.2) is 0 Å². The Morgan fingerprint density at radius 1 is 1.15 bits per heavy atom. The maximum Gasteiger partial charge on any atom is 0.222 e. The molecule has 2 N–H and O–H groups in total. The number of ether oxygens (including phenoxy) is 2. The molecule has 0 saturated heterocycles. The Bertz CT molecular complexity index is 560. The molecule has 2 aromatic rings. The van der Waals surface area contributed by atoms with E-state index in [0.29, 0.717) is 22.5 Å². The van der Waals surface area contributed by atoms with Crippen LogP contribution in [-0.2, 0) is 0 Å². The predicted molar refractivity (Wildman–Crippen MR) is 82.2 cm³/mol. The van der Waals surface area contributed by atoms with Gasteiger partial charge in [0.25, 0.3) is 0 Å². The SMILES string of the molecule is COc1nc(Oc2ccc(Cl)cc2)ccc1[C@H](C)N.Cl. The molecule has 0 radical (unpaired) electrons. The lowest BCUT2D eigenvalue weighted by Crippen LogP contribution is -2.08. The molecule has 0 spiro atoms. The Balaban J connectivity index is 0.00000200. The van der Waals surface area contributed by atoms with Crippen molar-refractivity contribution in [2.24, 2.45) is 5.73 Å². The minimum Gasteiger partial charge on any atom is -0.481 e. The average Bonchev–Trinajstić information content (AvgIpc) is 2.41. The number of benzene rings is 1. The number of rotatable bonds is 4. The van der Waals surface area contributed by atoms with Gasteiger partial charge in [-0.15, -0.1) is 12.4 Å². The van der Waals surface area contributed by atoms with Gasteiger partial charge < -0.3 is 15.2 Å². The first-order valence-corrected chi connectivity index (χ1v) is 6.22. The summed E-state index contributed by atoms with van der Waals surface area (Å²) in [5, 5.41) is 0.658. The van der Waals surface area contributed by atoms with E-state index in [1.54, 1.807) is 37.4 Å². The van der Waals surface area contributed by atoms with Gasteiger partial charge in [0.2, 0.25) is 11.8 Å². The van der Waals surface area contributed by atoms with Gasteiger partial charge in [0, 0.05) is 22.7 Å². The summed E-state index contributed by atoms with van der Waals surface area (Å²) >= 11 is 5.81. The molecule has 1 aromatic carbocycles. The zero-order chi connectivity index (χ0) is 13.8. The minimum atomic E-state index is -0.146. The van der Waals surface area contributed by atoms with Crippen LogP contribution in [-0.4, -0.2) is 12.1 Å². The van der Waals surface area contributed by atoms with E-state index in [-0.39, 0.29) is 18.4 Å². The lowest BCUT2D eigenvalue weighted by Gasteiger charge is -2.12. The maximum atomic E-state index is 5.83. The number of nitrogens with two attached hydrogens (primary N) is 1. The summed E-state index contributed by atoms with van der Waals surface area (Å²) in [7, 11) is 1.56. The van der Waals surface area contributed by atoms with Crippen LogP contribution < -0.4 is 15.2 Å². The van der Waals surface area contributed by atoms with E-state index in [4.69, 9.17) is 26.8 Å². The Hall–Kier alpha value is -1.49. The maximum absolute atomic E-state index is 5.83. The van der Waals surface area contributed by atoms with Crippen molar-refractivity contribution < 1.29 is 9.47 Å². The second kappa shape index (κ2) is 7.33. The summed E-state index contributed by atoms with van der Waals surface area (Å²) in [6, 6.07) is 10.5. The molecule has 1 aromatic heterocycles. The molecule has 2 rings (SSSR count). The van der Waals surface area contributed by atoms with Crippen molar-refractivity contribution in [1.82, 2.24) is 4.98 Å². The quantitative estimate of drug-likeness (QED) is 0.927. The molecule has 0 aliphatic heterocycles. The largest absolute Gasteiger partial charge is 0.481 e. The Kier molecular flexibility index (Phi) is 6.07. The third-order valence-electron chi connectivity index (χ3n) is 2.58. The standard InChI is InChI=1S/C14H15ClN2O2.ClH/c1-9(16)12-7-8-13(17-14(12)18-2)19-11-5-3-10(15)4-6-11;/h3-9H,16H2,1-2H3;1H/t9-;/m0./s1. The molecule has 4 nitrogen and oxygen atoms in total. The van der Waals surface area contributed by atoms with Crippen molar-refractivity contribution in [1.29, 1.82) is 0 Å². The van der Waals surface area contributed by atoms with Crippen LogP contribution in [0.2, 0.25) is 5.02 Å². The Labute approximate surface area is 129 Å². The fourth-order valence-corrected chi connectivity index (χ4v) is 1.75. The van der Waals surface area contributed by atoms with Crippen LogP contribution in [0.3, 0.4) is 0 Å². The van der Waals surface area contributed by atoms with Crippen LogP contribution in [0.1, 0.15) is 18.5 Å². The fraction of sp³-hybridized carbons (Fsp3) is 0.214. The topological polar surface area (TPSA) is 57.4 Å². The second-order valence-corrected chi connectivity index (χ2v) is 4.53. The number of nitrogens with zero attached hydrogens (tertiary/aromatic N) is 1. The molecule has 6 heteroatoms. The first-order chi connectivity index (χ1) is 9.10. The van der Waals surface area contributed by atoms with Gasteiger partial charge in [-0.2, -0.15) is 4.98 Å². The fourth-order valence-electron chi connectivity index (χ4n) is 1.62. The van der Waals surface area contributed by atoms with E-state index in [9.17, 15) is 0 Å². The highest BCUT2D eigenvalue weighted by Crippen LogP contribution is 2.27. The van der Waals surface area contributed by atoms with Gasteiger partial charge in [0.1, 0.15) is 5.75 Å². The Morgan fingerprint density at radius 3 is 2.35 bits per heavy atom. The number of pyridine rings is 1. The van der Waals surface area contributed by atoms with E-state index in [2.05, 4.69) is 4.98 Å². The molecule has 108 valence electrons. The molecule has 0 saturated carbocycles. The van der Waals surface area contributed by atoms with Gasteiger partial charge in [0.15, 0.2) is 0 Å². The summed E-state index contributed by atoms with van der Waals surface area (Å²) < 4.78 is 10.8. The molecular formula is C14H16Cl2N2O2. The number of methoxy groups -OCH3 is 1. The summed E-state index contributed by atoms with van der Waals surface area (Å²) in [5.41, 5.74) is 6.67. The lowest BCUT2D eigenvalue weighted by atomic mass is 10.1. The molecule has 0 bridgehead atoms. The summed E-state index contributed by atoms with van der Waals surface area (Å²) in [4.78, 5) is 4.27. The molecule has 0 aliphatic carbocycles. The van der Waals surface area contributed by atoms with Gasteiger partial charge in [-0.1, -0.05) is 11.6 Å². The van der Waals surface area contributed by atoms with E-state index in [1.165, 1.54) is 0 Å². The number of hydrogen-bond donors (Lipinski definition) is 1. The van der Waals surface area contributed by atoms with Crippen molar-refractivity contribution in [3.8, 4) is 17.5 Å². The van der Waals surface area contributed by atoms with Crippen molar-refractivity contribution in [3.63, 3.8) is 0 Å². The smallest absolute Gasteiger partial charge is 0.222 e. The molecule has 0 amide bonds.